The Morgan fingerprint density at radius 1 is 1.25 bits per heavy atom. The summed E-state index contributed by atoms with van der Waals surface area (Å²) in [7, 11) is 0. The van der Waals surface area contributed by atoms with E-state index in [9.17, 15) is 4.39 Å². The molecule has 5 heteroatoms. The Morgan fingerprint density at radius 3 is 2.88 bits per heavy atom. The van der Waals surface area contributed by atoms with Gasteiger partial charge in [-0.2, -0.15) is 5.10 Å². The first-order chi connectivity index (χ1) is 11.6. The third-order valence-electron chi connectivity index (χ3n) is 4.45. The molecule has 0 aliphatic carbocycles. The van der Waals surface area contributed by atoms with Crippen LogP contribution in [-0.2, 0) is 12.8 Å². The fourth-order valence-electron chi connectivity index (χ4n) is 3.11. The molecule has 1 aliphatic heterocycles. The topological polar surface area (TPSA) is 29.9 Å². The zero-order valence-electron chi connectivity index (χ0n) is 13.3. The van der Waals surface area contributed by atoms with Crippen LogP contribution in [0.15, 0.2) is 42.5 Å². The van der Waals surface area contributed by atoms with Crippen LogP contribution in [0.3, 0.4) is 0 Å². The van der Waals surface area contributed by atoms with Gasteiger partial charge in [0.25, 0.3) is 0 Å². The molecule has 1 aliphatic rings. The molecule has 1 aromatic heterocycles. The Hall–Kier alpha value is -2.33. The van der Waals surface area contributed by atoms with E-state index in [-0.39, 0.29) is 5.82 Å². The van der Waals surface area contributed by atoms with E-state index in [1.165, 1.54) is 6.07 Å². The van der Waals surface area contributed by atoms with Crippen LogP contribution in [0.4, 0.5) is 10.2 Å². The summed E-state index contributed by atoms with van der Waals surface area (Å²) in [5, 5.41) is 8.84. The van der Waals surface area contributed by atoms with Gasteiger partial charge in [0.15, 0.2) is 0 Å². The monoisotopic (exact) mass is 341 g/mol. The van der Waals surface area contributed by atoms with E-state index in [0.29, 0.717) is 17.0 Å². The molecule has 3 aromatic rings. The van der Waals surface area contributed by atoms with E-state index in [1.54, 1.807) is 6.07 Å². The number of fused-ring (bicyclic) bond motifs is 1. The first kappa shape index (κ1) is 15.2. The van der Waals surface area contributed by atoms with E-state index >= 15 is 0 Å². The Morgan fingerprint density at radius 2 is 2.08 bits per heavy atom. The highest BCUT2D eigenvalue weighted by molar-refractivity contribution is 6.31. The fourth-order valence-corrected chi connectivity index (χ4v) is 3.29. The number of nitrogens with zero attached hydrogens (tertiary/aromatic N) is 2. The number of nitrogens with one attached hydrogen (secondary N) is 1. The smallest absolute Gasteiger partial charge is 0.133 e. The zero-order valence-corrected chi connectivity index (χ0v) is 14.1. The second-order valence-corrected chi connectivity index (χ2v) is 6.47. The summed E-state index contributed by atoms with van der Waals surface area (Å²) in [6.45, 7) is 2.85. The minimum atomic E-state index is -0.190. The van der Waals surface area contributed by atoms with Gasteiger partial charge in [0.2, 0.25) is 0 Å². The summed E-state index contributed by atoms with van der Waals surface area (Å²) in [4.78, 5) is 0. The maximum absolute atomic E-state index is 14.0. The molecule has 0 spiro atoms. The number of benzene rings is 2. The maximum atomic E-state index is 14.0. The highest BCUT2D eigenvalue weighted by atomic mass is 35.5. The second-order valence-electron chi connectivity index (χ2n) is 6.06. The summed E-state index contributed by atoms with van der Waals surface area (Å²) in [6, 6.07) is 12.8. The summed E-state index contributed by atoms with van der Waals surface area (Å²) in [5.41, 5.74) is 4.69. The molecule has 3 nitrogen and oxygen atoms in total. The van der Waals surface area contributed by atoms with Crippen LogP contribution < -0.4 is 5.32 Å². The highest BCUT2D eigenvalue weighted by Crippen LogP contribution is 2.31. The third-order valence-corrected chi connectivity index (χ3v) is 4.86. The number of hydrogen-bond donors (Lipinski definition) is 1. The summed E-state index contributed by atoms with van der Waals surface area (Å²) >= 11 is 6.26. The Labute approximate surface area is 145 Å². The number of rotatable bonds is 3. The number of anilines is 1. The van der Waals surface area contributed by atoms with Crippen molar-refractivity contribution < 1.29 is 4.39 Å². The van der Waals surface area contributed by atoms with Crippen LogP contribution in [0.1, 0.15) is 22.4 Å². The van der Waals surface area contributed by atoms with Crippen molar-refractivity contribution in [2.45, 2.75) is 19.8 Å². The van der Waals surface area contributed by atoms with Crippen LogP contribution in [-0.4, -0.2) is 16.3 Å². The standard InChI is InChI=1S/C19H17ClFN3/c1-12-6-7-14(11-16(12)20)24-19-15(8-9-22-19)18(23-24)10-13-4-2-3-5-17(13)21/h2-7,11,22H,8-10H2,1H3. The van der Waals surface area contributed by atoms with Crippen molar-refractivity contribution in [2.75, 3.05) is 11.9 Å². The molecule has 0 unspecified atom stereocenters. The molecule has 0 atom stereocenters. The van der Waals surface area contributed by atoms with Gasteiger partial charge in [-0.15, -0.1) is 0 Å². The summed E-state index contributed by atoms with van der Waals surface area (Å²) < 4.78 is 15.9. The maximum Gasteiger partial charge on any atom is 0.133 e. The number of halogens is 2. The van der Waals surface area contributed by atoms with Gasteiger partial charge in [0.05, 0.1) is 11.4 Å². The minimum Gasteiger partial charge on any atom is -0.369 e. The summed E-state index contributed by atoms with van der Waals surface area (Å²) in [5.74, 6) is 0.798. The van der Waals surface area contributed by atoms with Gasteiger partial charge in [-0.1, -0.05) is 35.9 Å². The van der Waals surface area contributed by atoms with Crippen molar-refractivity contribution in [2.24, 2.45) is 0 Å². The van der Waals surface area contributed by atoms with E-state index in [4.69, 9.17) is 16.7 Å². The molecule has 0 saturated carbocycles. The van der Waals surface area contributed by atoms with Gasteiger partial charge in [0.1, 0.15) is 11.6 Å². The van der Waals surface area contributed by atoms with Crippen molar-refractivity contribution in [3.8, 4) is 5.69 Å². The van der Waals surface area contributed by atoms with Crippen molar-refractivity contribution in [3.05, 3.63) is 75.7 Å². The van der Waals surface area contributed by atoms with E-state index in [1.807, 2.05) is 41.9 Å². The molecule has 0 amide bonds. The van der Waals surface area contributed by atoms with Crippen molar-refractivity contribution in [1.82, 2.24) is 9.78 Å². The second kappa shape index (κ2) is 5.95. The highest BCUT2D eigenvalue weighted by Gasteiger charge is 2.23. The van der Waals surface area contributed by atoms with Gasteiger partial charge < -0.3 is 5.32 Å². The van der Waals surface area contributed by atoms with Gasteiger partial charge in [-0.05, 0) is 42.7 Å². The molecule has 2 heterocycles. The van der Waals surface area contributed by atoms with Crippen molar-refractivity contribution in [3.63, 3.8) is 0 Å². The predicted molar refractivity (Wildman–Crippen MR) is 94.7 cm³/mol. The molecule has 0 fully saturated rings. The lowest BCUT2D eigenvalue weighted by Gasteiger charge is -2.08. The first-order valence-corrected chi connectivity index (χ1v) is 8.36. The van der Waals surface area contributed by atoms with E-state index < -0.39 is 0 Å². The number of aryl methyl sites for hydroxylation is 1. The first-order valence-electron chi connectivity index (χ1n) is 7.98. The van der Waals surface area contributed by atoms with Gasteiger partial charge in [-0.25, -0.2) is 9.07 Å². The van der Waals surface area contributed by atoms with Crippen LogP contribution in [0.25, 0.3) is 5.69 Å². The molecule has 0 saturated heterocycles. The molecule has 0 bridgehead atoms. The van der Waals surface area contributed by atoms with E-state index in [2.05, 4.69) is 5.32 Å². The molecule has 122 valence electrons. The van der Waals surface area contributed by atoms with Crippen LogP contribution in [0, 0.1) is 12.7 Å². The Balaban J connectivity index is 1.77. The molecule has 1 N–H and O–H groups in total. The fraction of sp³-hybridized carbons (Fsp3) is 0.211. The van der Waals surface area contributed by atoms with Gasteiger partial charge in [-0.3, -0.25) is 0 Å². The number of aromatic nitrogens is 2. The summed E-state index contributed by atoms with van der Waals surface area (Å²) in [6.07, 6.45) is 1.39. The van der Waals surface area contributed by atoms with Crippen LogP contribution in [0.5, 0.6) is 0 Å². The lowest BCUT2D eigenvalue weighted by atomic mass is 10.1. The SMILES string of the molecule is Cc1ccc(-n2nc(Cc3ccccc3F)c3c2NCC3)cc1Cl. The molecular formula is C19H17ClFN3. The van der Waals surface area contributed by atoms with Crippen molar-refractivity contribution >= 4 is 17.4 Å². The van der Waals surface area contributed by atoms with Crippen LogP contribution >= 0.6 is 11.6 Å². The predicted octanol–water partition coefficient (Wildman–Crippen LogP) is 4.53. The Bertz CT molecular complexity index is 917. The third kappa shape index (κ3) is 2.57. The lowest BCUT2D eigenvalue weighted by molar-refractivity contribution is 0.612. The largest absolute Gasteiger partial charge is 0.369 e. The average Bonchev–Trinajstić information content (AvgIpc) is 3.16. The van der Waals surface area contributed by atoms with Gasteiger partial charge >= 0.3 is 0 Å². The lowest BCUT2D eigenvalue weighted by Crippen LogP contribution is -2.05. The molecule has 24 heavy (non-hydrogen) atoms. The molecular weight excluding hydrogens is 325 g/mol. The zero-order chi connectivity index (χ0) is 16.7. The quantitative estimate of drug-likeness (QED) is 0.758. The molecule has 0 radical (unpaired) electrons. The number of hydrogen-bond acceptors (Lipinski definition) is 2. The minimum absolute atomic E-state index is 0.190. The Kier molecular flexibility index (Phi) is 3.77. The van der Waals surface area contributed by atoms with Crippen molar-refractivity contribution in [1.29, 1.82) is 0 Å². The molecule has 2 aromatic carbocycles. The van der Waals surface area contributed by atoms with Crippen LogP contribution in [0.2, 0.25) is 5.02 Å². The average molecular weight is 342 g/mol. The van der Waals surface area contributed by atoms with E-state index in [0.717, 1.165) is 41.3 Å². The normalized spacial score (nSPS) is 13.0. The van der Waals surface area contributed by atoms with Gasteiger partial charge in [0, 0.05) is 23.6 Å². The molecule has 4 rings (SSSR count).